The van der Waals surface area contributed by atoms with Crippen LogP contribution in [0.3, 0.4) is 0 Å². The van der Waals surface area contributed by atoms with Crippen LogP contribution in [0.1, 0.15) is 5.56 Å². The van der Waals surface area contributed by atoms with Gasteiger partial charge in [-0.05, 0) is 29.8 Å². The number of nitrogens with zero attached hydrogens (tertiary/aromatic N) is 4. The largest absolute Gasteiger partial charge is 0.469 e. The zero-order chi connectivity index (χ0) is 19.4. The smallest absolute Gasteiger partial charge is 0.370 e. The molecule has 1 heterocycles. The molecule has 6 N–H and O–H groups in total. The van der Waals surface area contributed by atoms with E-state index in [1.807, 2.05) is 6.07 Å². The lowest BCUT2D eigenvalue weighted by Crippen LogP contribution is -2.21. The Bertz CT molecular complexity index is 1030. The van der Waals surface area contributed by atoms with E-state index < -0.39 is 7.82 Å². The first-order valence-corrected chi connectivity index (χ1v) is 9.25. The Balaban J connectivity index is 0.00000280. The van der Waals surface area contributed by atoms with Crippen LogP contribution in [-0.4, -0.2) is 30.7 Å². The molecule has 10 nitrogen and oxygen atoms in total. The highest BCUT2D eigenvalue weighted by molar-refractivity contribution is 7.46. The van der Waals surface area contributed by atoms with Gasteiger partial charge in [0.1, 0.15) is 5.69 Å². The molecular formula is C16H18ClN6O4P. The van der Waals surface area contributed by atoms with Crippen LogP contribution in [0.2, 0.25) is 0 Å². The molecule has 0 aliphatic heterocycles. The standard InChI is InChI=1S/C16H17N6O4P.ClH/c17-16(18)19-13-5-2-4-12(8-13)15-9-22(21-20-15)14-6-1-3-11(7-14)10-26-27(23,24)25;/h1-9H,10H2,(H4,17,18,19)(H2,23,24,25);1H. The van der Waals surface area contributed by atoms with Crippen molar-refractivity contribution >= 4 is 31.9 Å². The van der Waals surface area contributed by atoms with Crippen LogP contribution in [-0.2, 0) is 15.7 Å². The molecule has 0 amide bonds. The van der Waals surface area contributed by atoms with E-state index in [1.54, 1.807) is 53.3 Å². The number of hydrogen-bond donors (Lipinski definition) is 4. The van der Waals surface area contributed by atoms with E-state index in [0.29, 0.717) is 22.6 Å². The zero-order valence-electron chi connectivity index (χ0n) is 14.4. The second-order valence-electron chi connectivity index (χ2n) is 5.57. The summed E-state index contributed by atoms with van der Waals surface area (Å²) in [5.74, 6) is -0.0369. The van der Waals surface area contributed by atoms with E-state index in [2.05, 4.69) is 19.8 Å². The van der Waals surface area contributed by atoms with Gasteiger partial charge < -0.3 is 21.3 Å². The lowest BCUT2D eigenvalue weighted by molar-refractivity contribution is 0.189. The third kappa shape index (κ3) is 5.88. The Morgan fingerprint density at radius 3 is 2.64 bits per heavy atom. The zero-order valence-corrected chi connectivity index (χ0v) is 16.1. The van der Waals surface area contributed by atoms with Crippen molar-refractivity contribution in [2.24, 2.45) is 16.5 Å². The van der Waals surface area contributed by atoms with E-state index in [1.165, 1.54) is 0 Å². The molecule has 0 atom stereocenters. The predicted octanol–water partition coefficient (Wildman–Crippen LogP) is 1.87. The van der Waals surface area contributed by atoms with Gasteiger partial charge in [0.15, 0.2) is 5.96 Å². The molecule has 0 saturated carbocycles. The summed E-state index contributed by atoms with van der Waals surface area (Å²) in [5.41, 5.74) is 14.0. The van der Waals surface area contributed by atoms with E-state index in [0.717, 1.165) is 5.56 Å². The van der Waals surface area contributed by atoms with Gasteiger partial charge in [-0.3, -0.25) is 4.52 Å². The number of nitrogens with two attached hydrogens (primary N) is 2. The number of benzene rings is 2. The summed E-state index contributed by atoms with van der Waals surface area (Å²) in [6, 6.07) is 14.1. The van der Waals surface area contributed by atoms with Gasteiger partial charge in [0.25, 0.3) is 0 Å². The maximum atomic E-state index is 10.8. The Hall–Kier alpha value is -2.75. The quantitative estimate of drug-likeness (QED) is 0.265. The molecule has 0 unspecified atom stereocenters. The van der Waals surface area contributed by atoms with Crippen molar-refractivity contribution in [3.63, 3.8) is 0 Å². The first kappa shape index (κ1) is 21.5. The topological polar surface area (TPSA) is 162 Å². The molecule has 28 heavy (non-hydrogen) atoms. The van der Waals surface area contributed by atoms with Gasteiger partial charge in [0.05, 0.1) is 24.2 Å². The number of aromatic nitrogens is 3. The van der Waals surface area contributed by atoms with Gasteiger partial charge in [-0.25, -0.2) is 14.2 Å². The maximum absolute atomic E-state index is 10.8. The molecule has 2 aromatic carbocycles. The molecule has 3 rings (SSSR count). The number of phosphoric acid groups is 1. The SMILES string of the molecule is Cl.NC(N)=Nc1cccc(-c2cn(-c3cccc(COP(=O)(O)O)c3)nn2)c1. The minimum absolute atomic E-state index is 0. The van der Waals surface area contributed by atoms with Crippen LogP contribution in [0.4, 0.5) is 5.69 Å². The van der Waals surface area contributed by atoms with Crippen molar-refractivity contribution in [3.8, 4) is 16.9 Å². The molecule has 1 aromatic heterocycles. The first-order chi connectivity index (χ1) is 12.8. The highest BCUT2D eigenvalue weighted by Crippen LogP contribution is 2.37. The van der Waals surface area contributed by atoms with Crippen LogP contribution >= 0.6 is 20.2 Å². The fourth-order valence-corrected chi connectivity index (χ4v) is 2.67. The van der Waals surface area contributed by atoms with Crippen LogP contribution in [0.5, 0.6) is 0 Å². The molecule has 12 heteroatoms. The van der Waals surface area contributed by atoms with Crippen molar-refractivity contribution in [1.29, 1.82) is 0 Å². The third-order valence-electron chi connectivity index (χ3n) is 3.47. The summed E-state index contributed by atoms with van der Waals surface area (Å²) in [6.45, 7) is -0.222. The number of rotatable bonds is 6. The maximum Gasteiger partial charge on any atom is 0.469 e. The summed E-state index contributed by atoms with van der Waals surface area (Å²) >= 11 is 0. The van der Waals surface area contributed by atoms with Gasteiger partial charge in [-0.1, -0.05) is 29.5 Å². The summed E-state index contributed by atoms with van der Waals surface area (Å²) < 4.78 is 16.9. The van der Waals surface area contributed by atoms with Crippen LogP contribution in [0, 0.1) is 0 Å². The van der Waals surface area contributed by atoms with Crippen molar-refractivity contribution in [1.82, 2.24) is 15.0 Å². The molecule has 0 spiro atoms. The van der Waals surface area contributed by atoms with Gasteiger partial charge >= 0.3 is 7.82 Å². The van der Waals surface area contributed by atoms with Crippen LogP contribution < -0.4 is 11.5 Å². The van der Waals surface area contributed by atoms with Gasteiger partial charge in [-0.15, -0.1) is 17.5 Å². The van der Waals surface area contributed by atoms with Crippen molar-refractivity contribution in [3.05, 3.63) is 60.3 Å². The molecule has 0 bridgehead atoms. The minimum Gasteiger partial charge on any atom is -0.370 e. The average molecular weight is 425 g/mol. The molecule has 0 radical (unpaired) electrons. The van der Waals surface area contributed by atoms with Gasteiger partial charge in [-0.2, -0.15) is 0 Å². The molecule has 0 saturated heterocycles. The van der Waals surface area contributed by atoms with E-state index in [-0.39, 0.29) is 25.0 Å². The Kier molecular flexibility index (Phi) is 6.90. The van der Waals surface area contributed by atoms with Crippen molar-refractivity contribution in [2.45, 2.75) is 6.61 Å². The van der Waals surface area contributed by atoms with E-state index in [4.69, 9.17) is 21.3 Å². The second-order valence-corrected chi connectivity index (χ2v) is 6.81. The minimum atomic E-state index is -4.53. The highest BCUT2D eigenvalue weighted by Gasteiger charge is 2.14. The molecule has 148 valence electrons. The lowest BCUT2D eigenvalue weighted by Gasteiger charge is -2.07. The number of aliphatic imine (C=N–C) groups is 1. The fraction of sp³-hybridized carbons (Fsp3) is 0.0625. The number of hydrogen-bond acceptors (Lipinski definition) is 5. The Morgan fingerprint density at radius 1 is 1.18 bits per heavy atom. The van der Waals surface area contributed by atoms with E-state index >= 15 is 0 Å². The summed E-state index contributed by atoms with van der Waals surface area (Å²) in [7, 11) is -4.53. The Morgan fingerprint density at radius 2 is 1.93 bits per heavy atom. The van der Waals surface area contributed by atoms with Gasteiger partial charge in [0, 0.05) is 5.56 Å². The number of phosphoric ester groups is 1. The van der Waals surface area contributed by atoms with E-state index in [9.17, 15) is 4.57 Å². The van der Waals surface area contributed by atoms with Crippen molar-refractivity contribution < 1.29 is 18.9 Å². The van der Waals surface area contributed by atoms with Crippen LogP contribution in [0.25, 0.3) is 16.9 Å². The average Bonchev–Trinajstić information content (AvgIpc) is 3.10. The monoisotopic (exact) mass is 424 g/mol. The number of halogens is 1. The van der Waals surface area contributed by atoms with Crippen LogP contribution in [0.15, 0.2) is 59.7 Å². The summed E-state index contributed by atoms with van der Waals surface area (Å²) in [5, 5.41) is 8.23. The highest BCUT2D eigenvalue weighted by atomic mass is 35.5. The summed E-state index contributed by atoms with van der Waals surface area (Å²) in [4.78, 5) is 21.6. The third-order valence-corrected chi connectivity index (χ3v) is 3.93. The summed E-state index contributed by atoms with van der Waals surface area (Å²) in [6.07, 6.45) is 1.72. The Labute approximate surface area is 166 Å². The molecule has 0 aliphatic carbocycles. The first-order valence-electron chi connectivity index (χ1n) is 7.72. The predicted molar refractivity (Wildman–Crippen MR) is 106 cm³/mol. The second kappa shape index (κ2) is 8.96. The van der Waals surface area contributed by atoms with Gasteiger partial charge in [0.2, 0.25) is 0 Å². The lowest BCUT2D eigenvalue weighted by atomic mass is 10.1. The van der Waals surface area contributed by atoms with Crippen molar-refractivity contribution in [2.75, 3.05) is 0 Å². The number of guanidine groups is 1. The fourth-order valence-electron chi connectivity index (χ4n) is 2.35. The normalized spacial score (nSPS) is 10.9. The molecule has 3 aromatic rings. The molecular weight excluding hydrogens is 407 g/mol. The molecule has 0 fully saturated rings. The molecule has 0 aliphatic rings.